The first kappa shape index (κ1) is 23.9. The van der Waals surface area contributed by atoms with Crippen molar-refractivity contribution in [1.29, 1.82) is 5.26 Å². The van der Waals surface area contributed by atoms with Gasteiger partial charge in [0.05, 0.1) is 12.1 Å². The van der Waals surface area contributed by atoms with Gasteiger partial charge in [-0.25, -0.2) is 0 Å². The van der Waals surface area contributed by atoms with Gasteiger partial charge in [-0.1, -0.05) is 84.4 Å². The molecular formula is C29H23ClN2O3. The van der Waals surface area contributed by atoms with Crippen LogP contribution in [0.3, 0.4) is 0 Å². The van der Waals surface area contributed by atoms with Crippen molar-refractivity contribution in [3.8, 4) is 17.6 Å². The van der Waals surface area contributed by atoms with Gasteiger partial charge in [0.25, 0.3) is 5.91 Å². The largest absolute Gasteiger partial charge is 0.493 e. The lowest BCUT2D eigenvalue weighted by molar-refractivity contribution is -0.117. The minimum absolute atomic E-state index is 0.0384. The van der Waals surface area contributed by atoms with E-state index < -0.39 is 5.91 Å². The molecule has 0 aliphatic carbocycles. The average molecular weight is 483 g/mol. The van der Waals surface area contributed by atoms with Gasteiger partial charge >= 0.3 is 0 Å². The van der Waals surface area contributed by atoms with E-state index in [1.807, 2.05) is 66.7 Å². The van der Waals surface area contributed by atoms with Crippen molar-refractivity contribution < 1.29 is 14.3 Å². The fourth-order valence-electron chi connectivity index (χ4n) is 3.72. The van der Waals surface area contributed by atoms with E-state index in [0.29, 0.717) is 35.2 Å². The summed E-state index contributed by atoms with van der Waals surface area (Å²) in [5, 5.41) is 14.8. The molecule has 0 saturated heterocycles. The SMILES string of the molecule is COc1cc(/C=C(/C#N)C(=O)NCc2ccccc2)cc(Cl)c1OCc1cccc2ccccc12. The Hall–Kier alpha value is -4.27. The van der Waals surface area contributed by atoms with Gasteiger partial charge in [0.1, 0.15) is 18.2 Å². The smallest absolute Gasteiger partial charge is 0.262 e. The zero-order valence-corrected chi connectivity index (χ0v) is 19.9. The summed E-state index contributed by atoms with van der Waals surface area (Å²) in [7, 11) is 1.52. The number of hydrogen-bond acceptors (Lipinski definition) is 4. The predicted molar refractivity (Wildman–Crippen MR) is 138 cm³/mol. The summed E-state index contributed by atoms with van der Waals surface area (Å²) in [4.78, 5) is 12.5. The average Bonchev–Trinajstić information content (AvgIpc) is 2.90. The first-order valence-corrected chi connectivity index (χ1v) is 11.4. The van der Waals surface area contributed by atoms with E-state index in [1.165, 1.54) is 13.2 Å². The van der Waals surface area contributed by atoms with Gasteiger partial charge in [0, 0.05) is 6.54 Å². The van der Waals surface area contributed by atoms with Crippen LogP contribution in [-0.2, 0) is 17.9 Å². The number of hydrogen-bond donors (Lipinski definition) is 1. The van der Waals surface area contributed by atoms with E-state index in [0.717, 1.165) is 21.9 Å². The van der Waals surface area contributed by atoms with Gasteiger partial charge in [0.15, 0.2) is 11.5 Å². The molecule has 0 saturated carbocycles. The topological polar surface area (TPSA) is 71.3 Å². The van der Waals surface area contributed by atoms with Crippen molar-refractivity contribution in [2.75, 3.05) is 7.11 Å². The molecular weight excluding hydrogens is 460 g/mol. The van der Waals surface area contributed by atoms with Crippen LogP contribution >= 0.6 is 11.6 Å². The molecule has 5 nitrogen and oxygen atoms in total. The number of fused-ring (bicyclic) bond motifs is 1. The number of nitrogens with one attached hydrogen (secondary N) is 1. The lowest BCUT2D eigenvalue weighted by Gasteiger charge is -2.14. The van der Waals surface area contributed by atoms with Crippen LogP contribution in [0.1, 0.15) is 16.7 Å². The molecule has 0 aromatic heterocycles. The number of methoxy groups -OCH3 is 1. The van der Waals surface area contributed by atoms with E-state index in [9.17, 15) is 10.1 Å². The molecule has 1 N–H and O–H groups in total. The van der Waals surface area contributed by atoms with Gasteiger partial charge in [-0.2, -0.15) is 5.26 Å². The maximum Gasteiger partial charge on any atom is 0.262 e. The second-order valence-electron chi connectivity index (χ2n) is 7.80. The fourth-order valence-corrected chi connectivity index (χ4v) is 3.99. The van der Waals surface area contributed by atoms with Crippen LogP contribution in [0.25, 0.3) is 16.8 Å². The molecule has 0 aliphatic rings. The lowest BCUT2D eigenvalue weighted by atomic mass is 10.1. The van der Waals surface area contributed by atoms with Crippen LogP contribution in [0.15, 0.2) is 90.5 Å². The number of halogens is 1. The summed E-state index contributed by atoms with van der Waals surface area (Å²) in [6, 6.07) is 28.9. The van der Waals surface area contributed by atoms with Crippen LogP contribution in [0.5, 0.6) is 11.5 Å². The fraction of sp³-hybridized carbons (Fsp3) is 0.103. The van der Waals surface area contributed by atoms with E-state index in [1.54, 1.807) is 12.1 Å². The van der Waals surface area contributed by atoms with E-state index in [2.05, 4.69) is 17.4 Å². The maximum atomic E-state index is 12.5. The Morgan fingerprint density at radius 2 is 1.77 bits per heavy atom. The Kier molecular flexibility index (Phi) is 7.67. The molecule has 4 aromatic rings. The van der Waals surface area contributed by atoms with Crippen LogP contribution in [0.4, 0.5) is 0 Å². The van der Waals surface area contributed by atoms with Gasteiger partial charge < -0.3 is 14.8 Å². The highest BCUT2D eigenvalue weighted by Gasteiger charge is 2.15. The number of carbonyl (C=O) groups excluding carboxylic acids is 1. The third kappa shape index (κ3) is 5.81. The van der Waals surface area contributed by atoms with Crippen LogP contribution in [0, 0.1) is 11.3 Å². The van der Waals surface area contributed by atoms with Gasteiger partial charge in [-0.05, 0) is 45.7 Å². The summed E-state index contributed by atoms with van der Waals surface area (Å²) in [6.07, 6.45) is 1.48. The molecule has 0 atom stereocenters. The molecule has 6 heteroatoms. The van der Waals surface area contributed by atoms with Crippen molar-refractivity contribution in [2.45, 2.75) is 13.2 Å². The molecule has 0 radical (unpaired) electrons. The third-order valence-corrected chi connectivity index (χ3v) is 5.76. The zero-order chi connectivity index (χ0) is 24.6. The summed E-state index contributed by atoms with van der Waals surface area (Å²) in [5.74, 6) is 0.333. The van der Waals surface area contributed by atoms with E-state index in [-0.39, 0.29) is 5.57 Å². The monoisotopic (exact) mass is 482 g/mol. The molecule has 35 heavy (non-hydrogen) atoms. The maximum absolute atomic E-state index is 12.5. The molecule has 4 rings (SSSR count). The Bertz CT molecular complexity index is 1420. The molecule has 1 amide bonds. The van der Waals surface area contributed by atoms with Gasteiger partial charge in [-0.15, -0.1) is 0 Å². The first-order chi connectivity index (χ1) is 17.1. The second-order valence-corrected chi connectivity index (χ2v) is 8.21. The summed E-state index contributed by atoms with van der Waals surface area (Å²) < 4.78 is 11.6. The number of nitriles is 1. The predicted octanol–water partition coefficient (Wildman–Crippen LogP) is 6.30. The molecule has 0 spiro atoms. The van der Waals surface area contributed by atoms with Crippen molar-refractivity contribution in [1.82, 2.24) is 5.32 Å². The van der Waals surface area contributed by atoms with Crippen LogP contribution < -0.4 is 14.8 Å². The van der Waals surface area contributed by atoms with Crippen molar-refractivity contribution in [2.24, 2.45) is 0 Å². The zero-order valence-electron chi connectivity index (χ0n) is 19.1. The Balaban J connectivity index is 1.53. The lowest BCUT2D eigenvalue weighted by Crippen LogP contribution is -2.23. The number of benzene rings is 4. The van der Waals surface area contributed by atoms with Crippen LogP contribution in [-0.4, -0.2) is 13.0 Å². The Morgan fingerprint density at radius 1 is 1.03 bits per heavy atom. The number of amides is 1. The highest BCUT2D eigenvalue weighted by molar-refractivity contribution is 6.32. The third-order valence-electron chi connectivity index (χ3n) is 5.48. The quantitative estimate of drug-likeness (QED) is 0.236. The minimum Gasteiger partial charge on any atom is -0.493 e. The van der Waals surface area contributed by atoms with Crippen molar-refractivity contribution in [3.63, 3.8) is 0 Å². The molecule has 0 bridgehead atoms. The second kappa shape index (κ2) is 11.2. The molecule has 0 heterocycles. The Labute approximate surface area is 209 Å². The normalized spacial score (nSPS) is 11.1. The molecule has 0 aliphatic heterocycles. The first-order valence-electron chi connectivity index (χ1n) is 11.0. The molecule has 0 fully saturated rings. The summed E-state index contributed by atoms with van der Waals surface area (Å²) >= 11 is 6.53. The van der Waals surface area contributed by atoms with Crippen LogP contribution in [0.2, 0.25) is 5.02 Å². The van der Waals surface area contributed by atoms with Crippen molar-refractivity contribution >= 4 is 34.4 Å². The standard InChI is InChI=1S/C29H23ClN2O3/c1-34-27-16-21(14-24(17-31)29(33)32-18-20-8-3-2-4-9-20)15-26(30)28(27)35-19-23-12-7-11-22-10-5-6-13-25(22)23/h2-16H,18-19H2,1H3,(H,32,33)/b24-14-. The number of nitrogens with zero attached hydrogens (tertiary/aromatic N) is 1. The minimum atomic E-state index is -0.470. The molecule has 4 aromatic carbocycles. The number of ether oxygens (including phenoxy) is 2. The van der Waals surface area contributed by atoms with Gasteiger partial charge in [-0.3, -0.25) is 4.79 Å². The number of carbonyl (C=O) groups is 1. The van der Waals surface area contributed by atoms with E-state index >= 15 is 0 Å². The summed E-state index contributed by atoms with van der Waals surface area (Å²) in [5.41, 5.74) is 2.47. The highest BCUT2D eigenvalue weighted by Crippen LogP contribution is 2.38. The summed E-state index contributed by atoms with van der Waals surface area (Å²) in [6.45, 7) is 0.627. The highest BCUT2D eigenvalue weighted by atomic mass is 35.5. The van der Waals surface area contributed by atoms with Crippen molar-refractivity contribution in [3.05, 3.63) is 112 Å². The van der Waals surface area contributed by atoms with Gasteiger partial charge in [0.2, 0.25) is 0 Å². The van der Waals surface area contributed by atoms with E-state index in [4.69, 9.17) is 21.1 Å². The molecule has 174 valence electrons. The molecule has 0 unspecified atom stereocenters. The Morgan fingerprint density at radius 3 is 2.54 bits per heavy atom. The number of rotatable bonds is 8.